The van der Waals surface area contributed by atoms with E-state index in [4.69, 9.17) is 0 Å². The Morgan fingerprint density at radius 1 is 1.50 bits per heavy atom. The van der Waals surface area contributed by atoms with Crippen molar-refractivity contribution in [3.8, 4) is 0 Å². The Kier molecular flexibility index (Phi) is 3.92. The van der Waals surface area contributed by atoms with Gasteiger partial charge >= 0.3 is 0 Å². The first-order valence-electron chi connectivity index (χ1n) is 6.00. The zero-order valence-corrected chi connectivity index (χ0v) is 11.0. The number of nitrogens with zero attached hydrogens (tertiary/aromatic N) is 1. The molecular weight excluding hydrogens is 218 g/mol. The highest BCUT2D eigenvalue weighted by Crippen LogP contribution is 2.39. The summed E-state index contributed by atoms with van der Waals surface area (Å²) in [6.07, 6.45) is 9.69. The molecule has 1 saturated carbocycles. The summed E-state index contributed by atoms with van der Waals surface area (Å²) in [5.41, 5.74) is 2.46. The lowest BCUT2D eigenvalue weighted by molar-refractivity contribution is 0.533. The predicted molar refractivity (Wildman–Crippen MR) is 69.7 cm³/mol. The van der Waals surface area contributed by atoms with Gasteiger partial charge in [0.05, 0.1) is 6.20 Å². The Bertz CT molecular complexity index is 329. The molecule has 0 saturated heterocycles. The zero-order chi connectivity index (χ0) is 11.4. The van der Waals surface area contributed by atoms with Gasteiger partial charge in [0.25, 0.3) is 0 Å². The summed E-state index contributed by atoms with van der Waals surface area (Å²) in [5, 5.41) is 10.6. The maximum absolute atomic E-state index is 4.04. The molecule has 16 heavy (non-hydrogen) atoms. The molecule has 2 rings (SSSR count). The van der Waals surface area contributed by atoms with Crippen molar-refractivity contribution in [3.05, 3.63) is 17.5 Å². The Hall–Kier alpha value is -0.480. The topological polar surface area (TPSA) is 40.7 Å². The van der Waals surface area contributed by atoms with E-state index in [-0.39, 0.29) is 0 Å². The van der Waals surface area contributed by atoms with Crippen LogP contribution in [0.5, 0.6) is 0 Å². The summed E-state index contributed by atoms with van der Waals surface area (Å²) in [6, 6.07) is 0. The van der Waals surface area contributed by atoms with Crippen molar-refractivity contribution in [1.29, 1.82) is 0 Å². The normalized spacial score (nSPS) is 19.1. The summed E-state index contributed by atoms with van der Waals surface area (Å²) in [6.45, 7) is 4.13. The van der Waals surface area contributed by atoms with E-state index in [0.717, 1.165) is 13.1 Å². The third-order valence-electron chi connectivity index (χ3n) is 3.64. The number of hydrogen-bond acceptors (Lipinski definition) is 3. The monoisotopic (exact) mass is 239 g/mol. The smallest absolute Gasteiger partial charge is 0.0535 e. The van der Waals surface area contributed by atoms with Gasteiger partial charge in [-0.3, -0.25) is 5.10 Å². The fraction of sp³-hybridized carbons (Fsp3) is 0.750. The van der Waals surface area contributed by atoms with Crippen LogP contribution in [0.3, 0.4) is 0 Å². The molecule has 1 heterocycles. The fourth-order valence-corrected chi connectivity index (χ4v) is 3.39. The molecule has 1 aliphatic rings. The van der Waals surface area contributed by atoms with Gasteiger partial charge in [0, 0.05) is 29.1 Å². The van der Waals surface area contributed by atoms with Crippen LogP contribution in [0.1, 0.15) is 36.9 Å². The highest BCUT2D eigenvalue weighted by Gasteiger charge is 2.32. The lowest BCUT2D eigenvalue weighted by atomic mass is 10.1. The van der Waals surface area contributed by atoms with Crippen LogP contribution in [0, 0.1) is 6.92 Å². The first kappa shape index (κ1) is 12.0. The van der Waals surface area contributed by atoms with Gasteiger partial charge in [-0.25, -0.2) is 0 Å². The molecule has 0 spiro atoms. The van der Waals surface area contributed by atoms with Crippen molar-refractivity contribution < 1.29 is 0 Å². The van der Waals surface area contributed by atoms with Gasteiger partial charge in [-0.15, -0.1) is 0 Å². The van der Waals surface area contributed by atoms with Gasteiger partial charge < -0.3 is 5.32 Å². The number of thioether (sulfide) groups is 1. The standard InChI is InChI=1S/C12H21N3S/c1-10-11(8-14-15-10)7-13-9-12(16-2)5-3-4-6-12/h8,13H,3-7,9H2,1-2H3,(H,14,15). The highest BCUT2D eigenvalue weighted by atomic mass is 32.2. The van der Waals surface area contributed by atoms with Crippen molar-refractivity contribution >= 4 is 11.8 Å². The van der Waals surface area contributed by atoms with E-state index in [2.05, 4.69) is 28.7 Å². The number of H-pyrrole nitrogens is 1. The molecule has 0 aliphatic heterocycles. The summed E-state index contributed by atoms with van der Waals surface area (Å²) < 4.78 is 0.498. The van der Waals surface area contributed by atoms with Gasteiger partial charge in [0.2, 0.25) is 0 Å². The van der Waals surface area contributed by atoms with E-state index in [1.54, 1.807) is 0 Å². The second-order valence-corrected chi connectivity index (χ2v) is 5.99. The van der Waals surface area contributed by atoms with Crippen molar-refractivity contribution in [2.45, 2.75) is 43.9 Å². The van der Waals surface area contributed by atoms with Gasteiger partial charge in [0.1, 0.15) is 0 Å². The highest BCUT2D eigenvalue weighted by molar-refractivity contribution is 8.00. The lowest BCUT2D eigenvalue weighted by Crippen LogP contribution is -2.34. The second-order valence-electron chi connectivity index (χ2n) is 4.72. The van der Waals surface area contributed by atoms with Gasteiger partial charge in [-0.1, -0.05) is 12.8 Å². The Labute approximate surface area is 102 Å². The number of aromatic nitrogens is 2. The largest absolute Gasteiger partial charge is 0.311 e. The van der Waals surface area contributed by atoms with Crippen molar-refractivity contribution in [2.75, 3.05) is 12.8 Å². The SMILES string of the molecule is CSC1(CNCc2cn[nH]c2C)CCCC1. The fourth-order valence-electron chi connectivity index (χ4n) is 2.45. The molecular formula is C12H21N3S. The van der Waals surface area contributed by atoms with Gasteiger partial charge in [-0.2, -0.15) is 16.9 Å². The van der Waals surface area contributed by atoms with E-state index < -0.39 is 0 Å². The van der Waals surface area contributed by atoms with E-state index in [9.17, 15) is 0 Å². The first-order valence-corrected chi connectivity index (χ1v) is 7.23. The van der Waals surface area contributed by atoms with E-state index >= 15 is 0 Å². The van der Waals surface area contributed by atoms with Crippen LogP contribution in [-0.4, -0.2) is 27.7 Å². The molecule has 1 aromatic rings. The molecule has 3 nitrogen and oxygen atoms in total. The molecule has 0 unspecified atom stereocenters. The molecule has 1 aliphatic carbocycles. The van der Waals surface area contributed by atoms with Crippen LogP contribution in [0.15, 0.2) is 6.20 Å². The summed E-state index contributed by atoms with van der Waals surface area (Å²) >= 11 is 2.04. The van der Waals surface area contributed by atoms with E-state index in [1.807, 2.05) is 18.0 Å². The number of aromatic amines is 1. The summed E-state index contributed by atoms with van der Waals surface area (Å²) in [4.78, 5) is 0. The molecule has 0 amide bonds. The maximum Gasteiger partial charge on any atom is 0.0535 e. The third-order valence-corrected chi connectivity index (χ3v) is 5.06. The molecule has 1 aromatic heterocycles. The third kappa shape index (κ3) is 2.61. The Balaban J connectivity index is 1.81. The Morgan fingerprint density at radius 3 is 2.81 bits per heavy atom. The summed E-state index contributed by atoms with van der Waals surface area (Å²) in [7, 11) is 0. The van der Waals surface area contributed by atoms with Crippen molar-refractivity contribution in [3.63, 3.8) is 0 Å². The van der Waals surface area contributed by atoms with E-state index in [0.29, 0.717) is 4.75 Å². The maximum atomic E-state index is 4.04. The van der Waals surface area contributed by atoms with Crippen LogP contribution in [0.25, 0.3) is 0 Å². The van der Waals surface area contributed by atoms with Gasteiger partial charge in [0.15, 0.2) is 0 Å². The van der Waals surface area contributed by atoms with Crippen LogP contribution in [0.2, 0.25) is 0 Å². The summed E-state index contributed by atoms with van der Waals surface area (Å²) in [5.74, 6) is 0. The average Bonchev–Trinajstić information content (AvgIpc) is 2.90. The molecule has 1 fully saturated rings. The molecule has 0 atom stereocenters. The number of rotatable bonds is 5. The van der Waals surface area contributed by atoms with E-state index in [1.165, 1.54) is 36.9 Å². The quantitative estimate of drug-likeness (QED) is 0.829. The first-order chi connectivity index (χ1) is 7.76. The molecule has 2 N–H and O–H groups in total. The zero-order valence-electron chi connectivity index (χ0n) is 10.2. The number of aryl methyl sites for hydroxylation is 1. The van der Waals surface area contributed by atoms with Crippen molar-refractivity contribution in [2.24, 2.45) is 0 Å². The minimum atomic E-state index is 0.498. The molecule has 0 aromatic carbocycles. The minimum absolute atomic E-state index is 0.498. The predicted octanol–water partition coefficient (Wildman–Crippen LogP) is 2.48. The average molecular weight is 239 g/mol. The minimum Gasteiger partial charge on any atom is -0.311 e. The van der Waals surface area contributed by atoms with Crippen LogP contribution in [-0.2, 0) is 6.54 Å². The molecule has 90 valence electrons. The van der Waals surface area contributed by atoms with Gasteiger partial charge in [-0.05, 0) is 26.0 Å². The molecule has 0 bridgehead atoms. The van der Waals surface area contributed by atoms with Crippen molar-refractivity contribution in [1.82, 2.24) is 15.5 Å². The molecule has 4 heteroatoms. The molecule has 0 radical (unpaired) electrons. The second kappa shape index (κ2) is 5.23. The number of nitrogens with one attached hydrogen (secondary N) is 2. The lowest BCUT2D eigenvalue weighted by Gasteiger charge is -2.27. The number of hydrogen-bond donors (Lipinski definition) is 2. The van der Waals surface area contributed by atoms with Crippen LogP contribution in [0.4, 0.5) is 0 Å². The van der Waals surface area contributed by atoms with Crippen LogP contribution < -0.4 is 5.32 Å². The van der Waals surface area contributed by atoms with Crippen LogP contribution >= 0.6 is 11.8 Å². The Morgan fingerprint density at radius 2 is 2.25 bits per heavy atom.